The van der Waals surface area contributed by atoms with Crippen LogP contribution < -0.4 is 0 Å². The fourth-order valence-corrected chi connectivity index (χ4v) is 6.63. The molecule has 56 heavy (non-hydrogen) atoms. The first-order valence-corrected chi connectivity index (χ1v) is 23.2. The van der Waals surface area contributed by atoms with Crippen molar-refractivity contribution in [1.82, 2.24) is 0 Å². The molecule has 0 saturated carbocycles. The third kappa shape index (κ3) is 32.9. The van der Waals surface area contributed by atoms with E-state index in [1.807, 2.05) is 6.08 Å². The summed E-state index contributed by atoms with van der Waals surface area (Å²) in [7, 11) is -4.64. The third-order valence-corrected chi connectivity index (χ3v) is 10.3. The normalized spacial score (nSPS) is 17.9. The Balaban J connectivity index is 2.31. The number of ether oxygens (including phenoxy) is 3. The van der Waals surface area contributed by atoms with Crippen molar-refractivity contribution in [2.45, 2.75) is 192 Å². The van der Waals surface area contributed by atoms with Gasteiger partial charge in [-0.15, -0.1) is 0 Å². The number of phosphoric ester groups is 1. The van der Waals surface area contributed by atoms with Crippen LogP contribution in [0.2, 0.25) is 0 Å². The van der Waals surface area contributed by atoms with E-state index in [9.17, 15) is 24.2 Å². The molecule has 1 saturated heterocycles. The van der Waals surface area contributed by atoms with Crippen LogP contribution in [0.25, 0.3) is 0 Å². The molecule has 324 valence electrons. The largest absolute Gasteiger partial charge is 0.472 e. The number of hydrogen-bond acceptors (Lipinski definition) is 10. The van der Waals surface area contributed by atoms with Crippen LogP contribution in [0.4, 0.5) is 0 Å². The molecule has 0 aromatic carbocycles. The molecule has 12 heteroatoms. The van der Waals surface area contributed by atoms with Crippen molar-refractivity contribution in [3.05, 3.63) is 48.6 Å². The first kappa shape index (κ1) is 51.9. The van der Waals surface area contributed by atoms with Gasteiger partial charge >= 0.3 is 19.8 Å². The fraction of sp³-hybridized carbons (Fsp3) is 0.773. The van der Waals surface area contributed by atoms with Gasteiger partial charge in [-0.05, 0) is 77.0 Å². The highest BCUT2D eigenvalue weighted by molar-refractivity contribution is 7.47. The smallest absolute Gasteiger partial charge is 0.462 e. The molecule has 0 aromatic heterocycles. The van der Waals surface area contributed by atoms with E-state index in [2.05, 4.69) is 60.9 Å². The van der Waals surface area contributed by atoms with Crippen LogP contribution in [0.1, 0.15) is 168 Å². The van der Waals surface area contributed by atoms with Gasteiger partial charge in [-0.3, -0.25) is 18.6 Å². The Kier molecular flexibility index (Phi) is 33.4. The number of rotatable bonds is 39. The van der Waals surface area contributed by atoms with Gasteiger partial charge < -0.3 is 29.3 Å². The molecule has 1 fully saturated rings. The van der Waals surface area contributed by atoms with Crippen LogP contribution in [0.15, 0.2) is 48.6 Å². The zero-order valence-electron chi connectivity index (χ0n) is 34.8. The Morgan fingerprint density at radius 1 is 0.625 bits per heavy atom. The zero-order chi connectivity index (χ0) is 41.0. The van der Waals surface area contributed by atoms with E-state index >= 15 is 0 Å². The summed E-state index contributed by atoms with van der Waals surface area (Å²) in [6.45, 7) is 2.25. The summed E-state index contributed by atoms with van der Waals surface area (Å²) < 4.78 is 38.4. The Morgan fingerprint density at radius 2 is 1.11 bits per heavy atom. The molecule has 0 radical (unpaired) electrons. The molecule has 1 heterocycles. The molecule has 3 unspecified atom stereocenters. The maximum absolute atomic E-state index is 12.6. The number of allylic oxidation sites excluding steroid dienone is 6. The average Bonchev–Trinajstić information content (AvgIpc) is 3.94. The number of phosphoric acid groups is 1. The Morgan fingerprint density at radius 3 is 1.77 bits per heavy atom. The van der Waals surface area contributed by atoms with Crippen LogP contribution in [-0.4, -0.2) is 77.9 Å². The molecule has 1 aliphatic heterocycles. The van der Waals surface area contributed by atoms with Crippen LogP contribution >= 0.6 is 7.82 Å². The summed E-state index contributed by atoms with van der Waals surface area (Å²) >= 11 is 0. The van der Waals surface area contributed by atoms with Crippen molar-refractivity contribution < 1.29 is 52.5 Å². The van der Waals surface area contributed by atoms with Gasteiger partial charge in [0, 0.05) is 12.8 Å². The van der Waals surface area contributed by atoms with Crippen molar-refractivity contribution >= 4 is 19.8 Å². The van der Waals surface area contributed by atoms with Gasteiger partial charge in [-0.25, -0.2) is 4.57 Å². The number of epoxide rings is 1. The number of esters is 2. The fourth-order valence-electron chi connectivity index (χ4n) is 5.84. The lowest BCUT2D eigenvalue weighted by atomic mass is 10.1. The molecular formula is C44H77O11P. The minimum atomic E-state index is -4.64. The maximum atomic E-state index is 12.6. The molecule has 1 rings (SSSR count). The van der Waals surface area contributed by atoms with Crippen molar-refractivity contribution in [3.8, 4) is 0 Å². The zero-order valence-corrected chi connectivity index (χ0v) is 35.7. The topological polar surface area (TPSA) is 161 Å². The third-order valence-electron chi connectivity index (χ3n) is 9.36. The van der Waals surface area contributed by atoms with Crippen molar-refractivity contribution in [2.24, 2.45) is 0 Å². The first-order chi connectivity index (χ1) is 27.2. The SMILES string of the molecule is CCCCC/C=C\C/C=C\CC1OC1C/C=C\CCCC(=O)O[C@H](COC(=O)CCCCCCCCC/C=C\CCCCCC)COP(=O)(O)OC[C@@H](O)CO. The second-order valence-electron chi connectivity index (χ2n) is 14.7. The quantitative estimate of drug-likeness (QED) is 0.0178. The Labute approximate surface area is 338 Å². The number of carbonyl (C=O) groups excluding carboxylic acids is 2. The molecule has 0 aliphatic carbocycles. The maximum Gasteiger partial charge on any atom is 0.472 e. The molecule has 0 spiro atoms. The van der Waals surface area contributed by atoms with E-state index in [0.29, 0.717) is 19.3 Å². The van der Waals surface area contributed by atoms with Gasteiger partial charge in [0.25, 0.3) is 0 Å². The van der Waals surface area contributed by atoms with E-state index in [0.717, 1.165) is 51.4 Å². The molecule has 0 bridgehead atoms. The molecule has 0 amide bonds. The predicted octanol–water partition coefficient (Wildman–Crippen LogP) is 10.3. The van der Waals surface area contributed by atoms with Crippen LogP contribution in [-0.2, 0) is 37.4 Å². The number of hydrogen-bond donors (Lipinski definition) is 3. The van der Waals surface area contributed by atoms with Gasteiger partial charge in [-0.1, -0.05) is 127 Å². The van der Waals surface area contributed by atoms with Gasteiger partial charge in [0.1, 0.15) is 12.7 Å². The lowest BCUT2D eigenvalue weighted by Crippen LogP contribution is -2.29. The molecular weight excluding hydrogens is 735 g/mol. The molecule has 11 nitrogen and oxygen atoms in total. The lowest BCUT2D eigenvalue weighted by Gasteiger charge is -2.20. The summed E-state index contributed by atoms with van der Waals surface area (Å²) in [4.78, 5) is 35.0. The second kappa shape index (κ2) is 36.0. The Hall–Kier alpha value is -2.11. The van der Waals surface area contributed by atoms with E-state index in [1.54, 1.807) is 0 Å². The van der Waals surface area contributed by atoms with Gasteiger partial charge in [-0.2, -0.15) is 0 Å². The first-order valence-electron chi connectivity index (χ1n) is 21.7. The monoisotopic (exact) mass is 813 g/mol. The minimum Gasteiger partial charge on any atom is -0.462 e. The summed E-state index contributed by atoms with van der Waals surface area (Å²) in [5.74, 6) is -1.01. The van der Waals surface area contributed by atoms with E-state index in [-0.39, 0.29) is 31.7 Å². The molecule has 0 aromatic rings. The highest BCUT2D eigenvalue weighted by Gasteiger charge is 2.36. The van der Waals surface area contributed by atoms with Gasteiger partial charge in [0.15, 0.2) is 6.10 Å². The number of aliphatic hydroxyl groups is 2. The summed E-state index contributed by atoms with van der Waals surface area (Å²) in [5.41, 5.74) is 0. The summed E-state index contributed by atoms with van der Waals surface area (Å²) in [5, 5.41) is 18.3. The highest BCUT2D eigenvalue weighted by atomic mass is 31.2. The Bertz CT molecular complexity index is 1140. The average molecular weight is 813 g/mol. The van der Waals surface area contributed by atoms with Crippen LogP contribution in [0, 0.1) is 0 Å². The van der Waals surface area contributed by atoms with E-state index in [4.69, 9.17) is 23.8 Å². The number of unbranched alkanes of at least 4 members (excludes halogenated alkanes) is 15. The van der Waals surface area contributed by atoms with Crippen molar-refractivity contribution in [1.29, 1.82) is 0 Å². The number of carbonyl (C=O) groups is 2. The molecule has 3 N–H and O–H groups in total. The van der Waals surface area contributed by atoms with Crippen LogP contribution in [0.5, 0.6) is 0 Å². The number of aliphatic hydroxyl groups excluding tert-OH is 2. The van der Waals surface area contributed by atoms with Gasteiger partial charge in [0.2, 0.25) is 0 Å². The predicted molar refractivity (Wildman–Crippen MR) is 223 cm³/mol. The molecule has 1 aliphatic rings. The highest BCUT2D eigenvalue weighted by Crippen LogP contribution is 2.43. The van der Waals surface area contributed by atoms with Gasteiger partial charge in [0.05, 0.1) is 32.0 Å². The van der Waals surface area contributed by atoms with Crippen molar-refractivity contribution in [3.63, 3.8) is 0 Å². The molecule has 5 atom stereocenters. The van der Waals surface area contributed by atoms with E-state index < -0.39 is 51.8 Å². The standard InChI is InChI=1S/C44H77O11P/c1-3-5-7-9-11-13-14-15-16-17-18-20-22-24-29-33-43(47)51-37-40(38-53-56(49,50)52-36-39(46)35-45)54-44(48)34-30-26-25-28-32-42-41(55-42)31-27-23-21-19-12-10-8-6-4-2/h12-14,19,23,25,27-28,39-42,45-46H,3-11,15-18,20-22,24,26,29-38H2,1-2H3,(H,49,50)/b14-13-,19-12-,27-23-,28-25-/t39-,40+,41?,42?/m0/s1. The lowest BCUT2D eigenvalue weighted by molar-refractivity contribution is -0.161. The minimum absolute atomic E-state index is 0.0982. The summed E-state index contributed by atoms with van der Waals surface area (Å²) in [6.07, 6.45) is 39.6. The van der Waals surface area contributed by atoms with Crippen LogP contribution in [0.3, 0.4) is 0 Å². The summed E-state index contributed by atoms with van der Waals surface area (Å²) in [6, 6.07) is 0. The van der Waals surface area contributed by atoms with Crippen molar-refractivity contribution in [2.75, 3.05) is 26.4 Å². The van der Waals surface area contributed by atoms with E-state index in [1.165, 1.54) is 70.6 Å². The second-order valence-corrected chi connectivity index (χ2v) is 16.2.